The minimum atomic E-state index is -2.70. The van der Waals surface area contributed by atoms with Crippen molar-refractivity contribution in [1.29, 1.82) is 0 Å². The minimum Gasteiger partial charge on any atom is -0.337 e. The first-order valence-corrected chi connectivity index (χ1v) is 5.64. The molecule has 0 atom stereocenters. The summed E-state index contributed by atoms with van der Waals surface area (Å²) < 4.78 is 26.1. The Hall–Kier alpha value is -1.11. The van der Waals surface area contributed by atoms with Crippen molar-refractivity contribution >= 4 is 5.91 Å². The highest BCUT2D eigenvalue weighted by molar-refractivity contribution is 5.76. The number of hydrogen-bond donors (Lipinski definition) is 0. The number of carbonyl (C=O) groups excluding carboxylic acids is 1. The van der Waals surface area contributed by atoms with Gasteiger partial charge in [0.1, 0.15) is 0 Å². The Kier molecular flexibility index (Phi) is 4.72. The van der Waals surface area contributed by atoms with Crippen molar-refractivity contribution in [3.8, 4) is 12.3 Å². The number of halogens is 2. The van der Waals surface area contributed by atoms with Crippen LogP contribution in [0.3, 0.4) is 0 Å². The third-order valence-electron chi connectivity index (χ3n) is 2.71. The second kappa shape index (κ2) is 5.83. The highest BCUT2D eigenvalue weighted by Gasteiger charge is 2.36. The van der Waals surface area contributed by atoms with Crippen LogP contribution < -0.4 is 0 Å². The van der Waals surface area contributed by atoms with Gasteiger partial charge in [-0.3, -0.25) is 4.79 Å². The van der Waals surface area contributed by atoms with Gasteiger partial charge in [-0.15, -0.1) is 12.3 Å². The summed E-state index contributed by atoms with van der Waals surface area (Å²) in [5.74, 6) is -0.383. The van der Waals surface area contributed by atoms with Crippen molar-refractivity contribution in [3.63, 3.8) is 0 Å². The maximum absolute atomic E-state index is 13.0. The SMILES string of the molecule is C#CCCCCC(=O)N1CCCC(F)(F)C1. The summed E-state index contributed by atoms with van der Waals surface area (Å²) in [6, 6.07) is 0. The van der Waals surface area contributed by atoms with Crippen molar-refractivity contribution in [2.45, 2.75) is 44.4 Å². The molecule has 0 unspecified atom stereocenters. The fourth-order valence-electron chi connectivity index (χ4n) is 1.84. The van der Waals surface area contributed by atoms with E-state index in [1.165, 1.54) is 4.90 Å². The van der Waals surface area contributed by atoms with E-state index in [-0.39, 0.29) is 12.3 Å². The maximum atomic E-state index is 13.0. The van der Waals surface area contributed by atoms with Crippen LogP contribution in [-0.4, -0.2) is 29.8 Å². The van der Waals surface area contributed by atoms with E-state index in [0.29, 0.717) is 32.2 Å². The lowest BCUT2D eigenvalue weighted by molar-refractivity contribution is -0.141. The van der Waals surface area contributed by atoms with Gasteiger partial charge in [-0.05, 0) is 19.3 Å². The lowest BCUT2D eigenvalue weighted by Gasteiger charge is -2.32. The Morgan fingerprint density at radius 3 is 2.81 bits per heavy atom. The Bertz CT molecular complexity index is 283. The molecule has 1 rings (SSSR count). The van der Waals surface area contributed by atoms with Crippen molar-refractivity contribution in [2.24, 2.45) is 0 Å². The first kappa shape index (κ1) is 13.0. The molecule has 1 saturated heterocycles. The lowest BCUT2D eigenvalue weighted by atomic mass is 10.1. The van der Waals surface area contributed by atoms with E-state index in [4.69, 9.17) is 6.42 Å². The summed E-state index contributed by atoms with van der Waals surface area (Å²) in [7, 11) is 0. The molecule has 0 bridgehead atoms. The zero-order valence-corrected chi connectivity index (χ0v) is 9.35. The molecular formula is C12H17F2NO. The smallest absolute Gasteiger partial charge is 0.265 e. The molecule has 0 aromatic rings. The van der Waals surface area contributed by atoms with Crippen molar-refractivity contribution in [1.82, 2.24) is 4.90 Å². The van der Waals surface area contributed by atoms with E-state index >= 15 is 0 Å². The van der Waals surface area contributed by atoms with Crippen LogP contribution in [0.25, 0.3) is 0 Å². The van der Waals surface area contributed by atoms with Crippen LogP contribution in [0.15, 0.2) is 0 Å². The molecule has 0 aromatic heterocycles. The van der Waals surface area contributed by atoms with Gasteiger partial charge < -0.3 is 4.90 Å². The number of rotatable bonds is 4. The molecule has 0 radical (unpaired) electrons. The number of carbonyl (C=O) groups is 1. The summed E-state index contributed by atoms with van der Waals surface area (Å²) in [5, 5.41) is 0. The second-order valence-corrected chi connectivity index (χ2v) is 4.19. The largest absolute Gasteiger partial charge is 0.337 e. The summed E-state index contributed by atoms with van der Waals surface area (Å²) >= 11 is 0. The third kappa shape index (κ3) is 4.18. The fraction of sp³-hybridized carbons (Fsp3) is 0.750. The van der Waals surface area contributed by atoms with Crippen LogP contribution in [0, 0.1) is 12.3 Å². The van der Waals surface area contributed by atoms with E-state index < -0.39 is 12.5 Å². The van der Waals surface area contributed by atoms with E-state index in [9.17, 15) is 13.6 Å². The number of amides is 1. The van der Waals surface area contributed by atoms with E-state index in [1.54, 1.807) is 0 Å². The van der Waals surface area contributed by atoms with Crippen LogP contribution >= 0.6 is 0 Å². The molecule has 1 fully saturated rings. The molecule has 0 spiro atoms. The standard InChI is InChI=1S/C12H17F2NO/c1-2-3-4-5-7-11(16)15-9-6-8-12(13,14)10-15/h1H,3-10H2. The van der Waals surface area contributed by atoms with E-state index in [1.807, 2.05) is 0 Å². The molecule has 1 aliphatic heterocycles. The first-order valence-electron chi connectivity index (χ1n) is 5.64. The molecule has 0 N–H and O–H groups in total. The van der Waals surface area contributed by atoms with Crippen molar-refractivity contribution < 1.29 is 13.6 Å². The van der Waals surface area contributed by atoms with E-state index in [2.05, 4.69) is 5.92 Å². The molecule has 0 aliphatic carbocycles. The Morgan fingerprint density at radius 2 is 2.19 bits per heavy atom. The first-order chi connectivity index (χ1) is 7.55. The molecule has 16 heavy (non-hydrogen) atoms. The van der Waals surface area contributed by atoms with Crippen LogP contribution in [-0.2, 0) is 4.79 Å². The zero-order chi connectivity index (χ0) is 12.0. The van der Waals surface area contributed by atoms with Crippen molar-refractivity contribution in [3.05, 3.63) is 0 Å². The minimum absolute atomic E-state index is 0.103. The number of alkyl halides is 2. The van der Waals surface area contributed by atoms with Crippen LogP contribution in [0.4, 0.5) is 8.78 Å². The van der Waals surface area contributed by atoms with Crippen molar-refractivity contribution in [2.75, 3.05) is 13.1 Å². The van der Waals surface area contributed by atoms with Gasteiger partial charge in [0.05, 0.1) is 6.54 Å². The molecule has 4 heteroatoms. The molecule has 1 aliphatic rings. The molecule has 0 saturated carbocycles. The van der Waals surface area contributed by atoms with Gasteiger partial charge >= 0.3 is 0 Å². The van der Waals surface area contributed by atoms with Gasteiger partial charge in [-0.2, -0.15) is 0 Å². The highest BCUT2D eigenvalue weighted by atomic mass is 19.3. The van der Waals surface area contributed by atoms with Gasteiger partial charge in [-0.25, -0.2) is 8.78 Å². The maximum Gasteiger partial charge on any atom is 0.265 e. The Labute approximate surface area is 95.0 Å². The average molecular weight is 229 g/mol. The quantitative estimate of drug-likeness (QED) is 0.535. The number of hydrogen-bond acceptors (Lipinski definition) is 1. The number of terminal acetylenes is 1. The lowest BCUT2D eigenvalue weighted by Crippen LogP contribution is -2.45. The molecular weight excluding hydrogens is 212 g/mol. The molecule has 0 aromatic carbocycles. The Morgan fingerprint density at radius 1 is 1.44 bits per heavy atom. The number of unbranched alkanes of at least 4 members (excludes halogenated alkanes) is 2. The number of nitrogens with zero attached hydrogens (tertiary/aromatic N) is 1. The Balaban J connectivity index is 2.28. The summed E-state index contributed by atoms with van der Waals surface area (Å²) in [6.45, 7) is 0.0462. The molecule has 1 heterocycles. The van der Waals surface area contributed by atoms with Crippen LogP contribution in [0.2, 0.25) is 0 Å². The predicted molar refractivity (Wildman–Crippen MR) is 58.1 cm³/mol. The number of piperidine rings is 1. The van der Waals surface area contributed by atoms with Crippen LogP contribution in [0.5, 0.6) is 0 Å². The average Bonchev–Trinajstić information content (AvgIpc) is 2.22. The molecule has 2 nitrogen and oxygen atoms in total. The summed E-state index contributed by atoms with van der Waals surface area (Å²) in [6.07, 6.45) is 7.81. The van der Waals surface area contributed by atoms with Gasteiger partial charge in [-0.1, -0.05) is 0 Å². The third-order valence-corrected chi connectivity index (χ3v) is 2.71. The predicted octanol–water partition coefficient (Wildman–Crippen LogP) is 2.44. The monoisotopic (exact) mass is 229 g/mol. The molecule has 90 valence electrons. The molecule has 1 amide bonds. The number of likely N-dealkylation sites (tertiary alicyclic amines) is 1. The van der Waals surface area contributed by atoms with Gasteiger partial charge in [0.25, 0.3) is 5.92 Å². The van der Waals surface area contributed by atoms with Gasteiger partial charge in [0.2, 0.25) is 5.91 Å². The van der Waals surface area contributed by atoms with E-state index in [0.717, 1.165) is 6.42 Å². The second-order valence-electron chi connectivity index (χ2n) is 4.19. The summed E-state index contributed by atoms with van der Waals surface area (Å²) in [4.78, 5) is 12.9. The highest BCUT2D eigenvalue weighted by Crippen LogP contribution is 2.26. The fourth-order valence-corrected chi connectivity index (χ4v) is 1.84. The topological polar surface area (TPSA) is 20.3 Å². The van der Waals surface area contributed by atoms with Gasteiger partial charge in [0.15, 0.2) is 0 Å². The zero-order valence-electron chi connectivity index (χ0n) is 9.35. The summed E-state index contributed by atoms with van der Waals surface area (Å²) in [5.41, 5.74) is 0. The normalized spacial score (nSPS) is 19.2. The van der Waals surface area contributed by atoms with Crippen LogP contribution in [0.1, 0.15) is 38.5 Å². The van der Waals surface area contributed by atoms with Gasteiger partial charge in [0, 0.05) is 25.8 Å².